The molecule has 0 N–H and O–H groups in total. The third-order valence-corrected chi connectivity index (χ3v) is 4.66. The van der Waals surface area contributed by atoms with Gasteiger partial charge in [0.15, 0.2) is 5.92 Å². The molecule has 2 rings (SSSR count). The number of benzene rings is 2. The van der Waals surface area contributed by atoms with E-state index in [1.165, 1.54) is 36.4 Å². The van der Waals surface area contributed by atoms with Gasteiger partial charge in [0.05, 0.1) is 30.1 Å². The molecule has 8 nitrogen and oxygen atoms in total. The molecular formula is C22H21FN2O6. The monoisotopic (exact) mass is 428 g/mol. The summed E-state index contributed by atoms with van der Waals surface area (Å²) in [5.74, 6) is -5.94. The molecule has 2 aromatic carbocycles. The molecule has 0 radical (unpaired) electrons. The third-order valence-electron chi connectivity index (χ3n) is 4.66. The van der Waals surface area contributed by atoms with Gasteiger partial charge in [0, 0.05) is 18.1 Å². The Morgan fingerprint density at radius 1 is 1.00 bits per heavy atom. The molecule has 162 valence electrons. The van der Waals surface area contributed by atoms with E-state index in [0.29, 0.717) is 11.1 Å². The first kappa shape index (κ1) is 23.5. The largest absolute Gasteiger partial charge is 0.465 e. The van der Waals surface area contributed by atoms with Crippen LogP contribution >= 0.6 is 0 Å². The Hall–Kier alpha value is -3.80. The van der Waals surface area contributed by atoms with Crippen LogP contribution in [0, 0.1) is 33.2 Å². The highest BCUT2D eigenvalue weighted by atomic mass is 19.1. The lowest BCUT2D eigenvalue weighted by Gasteiger charge is -2.28. The predicted octanol–water partition coefficient (Wildman–Crippen LogP) is 3.87. The number of nitro benzene ring substituents is 1. The molecule has 9 heteroatoms. The number of nitriles is 1. The predicted molar refractivity (Wildman–Crippen MR) is 107 cm³/mol. The van der Waals surface area contributed by atoms with Gasteiger partial charge in [-0.25, -0.2) is 4.39 Å². The fraction of sp³-hybridized carbons (Fsp3) is 0.318. The molecule has 0 aliphatic carbocycles. The summed E-state index contributed by atoms with van der Waals surface area (Å²) in [6.45, 7) is 3.15. The van der Waals surface area contributed by atoms with Crippen LogP contribution in [0.25, 0.3) is 0 Å². The van der Waals surface area contributed by atoms with Crippen LogP contribution in [0.1, 0.15) is 36.8 Å². The average molecular weight is 428 g/mol. The van der Waals surface area contributed by atoms with Gasteiger partial charge in [-0.15, -0.1) is 0 Å². The first-order valence-electron chi connectivity index (χ1n) is 9.56. The first-order chi connectivity index (χ1) is 14.8. The standard InChI is InChI=1S/C22H21FN2O6/c1-3-30-21(26)20(22(27)31-4-2)19(15-5-9-16(23)10-6-15)18(13-24)14-7-11-17(12-8-14)25(28)29/h5-12,18-20H,3-4H2,1-2H3/t18-,19+/m0/s1. The summed E-state index contributed by atoms with van der Waals surface area (Å²) in [6, 6.07) is 12.4. The Balaban J connectivity index is 2.64. The Bertz CT molecular complexity index is 951. The van der Waals surface area contributed by atoms with E-state index in [0.717, 1.165) is 12.1 Å². The van der Waals surface area contributed by atoms with Gasteiger partial charge in [-0.1, -0.05) is 24.3 Å². The minimum Gasteiger partial charge on any atom is -0.465 e. The van der Waals surface area contributed by atoms with Crippen molar-refractivity contribution >= 4 is 17.6 Å². The highest BCUT2D eigenvalue weighted by molar-refractivity contribution is 5.96. The summed E-state index contributed by atoms with van der Waals surface area (Å²) in [4.78, 5) is 35.9. The smallest absolute Gasteiger partial charge is 0.321 e. The van der Waals surface area contributed by atoms with Crippen molar-refractivity contribution in [3.05, 3.63) is 75.6 Å². The van der Waals surface area contributed by atoms with Gasteiger partial charge in [-0.2, -0.15) is 5.26 Å². The lowest BCUT2D eigenvalue weighted by molar-refractivity contribution is -0.384. The van der Waals surface area contributed by atoms with Crippen LogP contribution < -0.4 is 0 Å². The summed E-state index contributed by atoms with van der Waals surface area (Å²) in [5, 5.41) is 20.9. The molecule has 2 aromatic rings. The molecular weight excluding hydrogens is 407 g/mol. The van der Waals surface area contributed by atoms with Crippen LogP contribution in [0.4, 0.5) is 10.1 Å². The lowest BCUT2D eigenvalue weighted by atomic mass is 9.74. The molecule has 0 heterocycles. The van der Waals surface area contributed by atoms with Crippen molar-refractivity contribution in [1.82, 2.24) is 0 Å². The molecule has 0 fully saturated rings. The van der Waals surface area contributed by atoms with Crippen molar-refractivity contribution in [3.63, 3.8) is 0 Å². The zero-order valence-corrected chi connectivity index (χ0v) is 17.0. The van der Waals surface area contributed by atoms with Crippen LogP contribution in [0.15, 0.2) is 48.5 Å². The zero-order chi connectivity index (χ0) is 23.0. The Kier molecular flexibility index (Phi) is 8.20. The Labute approximate surface area is 178 Å². The van der Waals surface area contributed by atoms with E-state index >= 15 is 0 Å². The highest BCUT2D eigenvalue weighted by Crippen LogP contribution is 2.40. The number of nitro groups is 1. The fourth-order valence-corrected chi connectivity index (χ4v) is 3.28. The minimum absolute atomic E-state index is 0.000369. The number of hydrogen-bond donors (Lipinski definition) is 0. The van der Waals surface area contributed by atoms with Gasteiger partial charge in [0.25, 0.3) is 5.69 Å². The van der Waals surface area contributed by atoms with Gasteiger partial charge in [-0.05, 0) is 37.1 Å². The van der Waals surface area contributed by atoms with Gasteiger partial charge in [0.2, 0.25) is 0 Å². The molecule has 0 unspecified atom stereocenters. The molecule has 0 saturated carbocycles. The van der Waals surface area contributed by atoms with E-state index < -0.39 is 40.4 Å². The number of esters is 2. The zero-order valence-electron chi connectivity index (χ0n) is 17.0. The van der Waals surface area contributed by atoms with Crippen LogP contribution in [-0.4, -0.2) is 30.1 Å². The summed E-state index contributed by atoms with van der Waals surface area (Å²) in [6.07, 6.45) is 0. The van der Waals surface area contributed by atoms with Crippen molar-refractivity contribution in [3.8, 4) is 6.07 Å². The van der Waals surface area contributed by atoms with Crippen LogP contribution in [0.5, 0.6) is 0 Å². The second-order valence-electron chi connectivity index (χ2n) is 6.51. The topological polar surface area (TPSA) is 120 Å². The van der Waals surface area contributed by atoms with Crippen LogP contribution in [0.3, 0.4) is 0 Å². The quantitative estimate of drug-likeness (QED) is 0.257. The number of nitrogens with zero attached hydrogens (tertiary/aromatic N) is 2. The van der Waals surface area contributed by atoms with Crippen molar-refractivity contribution in [2.75, 3.05) is 13.2 Å². The lowest BCUT2D eigenvalue weighted by Crippen LogP contribution is -2.36. The van der Waals surface area contributed by atoms with Crippen LogP contribution in [0.2, 0.25) is 0 Å². The molecule has 0 aromatic heterocycles. The molecule has 0 amide bonds. The number of non-ortho nitro benzene ring substituents is 1. The van der Waals surface area contributed by atoms with E-state index in [1.54, 1.807) is 13.8 Å². The Morgan fingerprint density at radius 2 is 1.48 bits per heavy atom. The molecule has 0 saturated heterocycles. The maximum Gasteiger partial charge on any atom is 0.321 e. The molecule has 0 aliphatic rings. The van der Waals surface area contributed by atoms with Crippen molar-refractivity contribution in [2.45, 2.75) is 25.7 Å². The van der Waals surface area contributed by atoms with E-state index in [2.05, 4.69) is 6.07 Å². The van der Waals surface area contributed by atoms with E-state index in [1.807, 2.05) is 0 Å². The second-order valence-corrected chi connectivity index (χ2v) is 6.51. The Morgan fingerprint density at radius 3 is 1.90 bits per heavy atom. The normalized spacial score (nSPS) is 12.5. The van der Waals surface area contributed by atoms with Crippen molar-refractivity contribution < 1.29 is 28.4 Å². The van der Waals surface area contributed by atoms with Gasteiger partial charge >= 0.3 is 11.9 Å². The SMILES string of the molecule is CCOC(=O)C(C(=O)OCC)[C@H](c1ccc(F)cc1)[C@@H](C#N)c1ccc([N+](=O)[O-])cc1. The highest BCUT2D eigenvalue weighted by Gasteiger charge is 2.43. The van der Waals surface area contributed by atoms with Crippen molar-refractivity contribution in [2.24, 2.45) is 5.92 Å². The fourth-order valence-electron chi connectivity index (χ4n) is 3.28. The average Bonchev–Trinajstić information content (AvgIpc) is 2.75. The number of rotatable bonds is 9. The molecule has 0 aliphatic heterocycles. The maximum atomic E-state index is 13.5. The summed E-state index contributed by atoms with van der Waals surface area (Å²) >= 11 is 0. The third kappa shape index (κ3) is 5.63. The molecule has 31 heavy (non-hydrogen) atoms. The van der Waals surface area contributed by atoms with E-state index in [-0.39, 0.29) is 18.9 Å². The second kappa shape index (κ2) is 10.8. The summed E-state index contributed by atoms with van der Waals surface area (Å²) < 4.78 is 23.7. The van der Waals surface area contributed by atoms with Gasteiger partial charge < -0.3 is 9.47 Å². The molecule has 0 bridgehead atoms. The number of halogens is 1. The molecule has 2 atom stereocenters. The summed E-state index contributed by atoms with van der Waals surface area (Å²) in [7, 11) is 0. The number of carbonyl (C=O) groups is 2. The van der Waals surface area contributed by atoms with Crippen LogP contribution in [-0.2, 0) is 19.1 Å². The first-order valence-corrected chi connectivity index (χ1v) is 9.56. The van der Waals surface area contributed by atoms with E-state index in [4.69, 9.17) is 9.47 Å². The molecule has 0 spiro atoms. The van der Waals surface area contributed by atoms with Crippen molar-refractivity contribution in [1.29, 1.82) is 5.26 Å². The minimum atomic E-state index is -1.50. The van der Waals surface area contributed by atoms with Gasteiger partial charge in [-0.3, -0.25) is 19.7 Å². The van der Waals surface area contributed by atoms with Gasteiger partial charge in [0.1, 0.15) is 5.82 Å². The number of hydrogen-bond acceptors (Lipinski definition) is 7. The summed E-state index contributed by atoms with van der Waals surface area (Å²) in [5.41, 5.74) is 0.518. The number of ether oxygens (including phenoxy) is 2. The maximum absolute atomic E-state index is 13.5. The van der Waals surface area contributed by atoms with E-state index in [9.17, 15) is 29.4 Å². The number of carbonyl (C=O) groups excluding carboxylic acids is 2.